The van der Waals surface area contributed by atoms with Crippen molar-refractivity contribution in [3.8, 4) is 0 Å². The van der Waals surface area contributed by atoms with E-state index in [2.05, 4.69) is 10.3 Å². The third kappa shape index (κ3) is 1.30. The van der Waals surface area contributed by atoms with Crippen LogP contribution >= 0.6 is 0 Å². The summed E-state index contributed by atoms with van der Waals surface area (Å²) in [7, 11) is 0. The Morgan fingerprint density at radius 2 is 2.00 bits per heavy atom. The van der Waals surface area contributed by atoms with Gasteiger partial charge in [0.15, 0.2) is 0 Å². The van der Waals surface area contributed by atoms with Crippen LogP contribution < -0.4 is 0 Å². The molecule has 0 atom stereocenters. The Balaban J connectivity index is 2.53. The Kier molecular flexibility index (Phi) is 1.30. The molecule has 0 saturated carbocycles. The summed E-state index contributed by atoms with van der Waals surface area (Å²) in [5.74, 6) is 0. The zero-order chi connectivity index (χ0) is 6.91. The van der Waals surface area contributed by atoms with Crippen molar-refractivity contribution in [3.63, 3.8) is 0 Å². The van der Waals surface area contributed by atoms with E-state index in [1.165, 1.54) is 0 Å². The number of nitrogens with zero attached hydrogens (tertiary/aromatic N) is 3. The van der Waals surface area contributed by atoms with E-state index in [-0.39, 0.29) is 18.1 Å². The van der Waals surface area contributed by atoms with Crippen molar-refractivity contribution in [3.05, 3.63) is 0 Å². The van der Waals surface area contributed by atoms with Gasteiger partial charge in [-0.3, -0.25) is 0 Å². The van der Waals surface area contributed by atoms with E-state index in [0.717, 1.165) is 0 Å². The smallest absolute Gasteiger partial charge is 0.184 e. The maximum Gasteiger partial charge on any atom is 0.501 e. The van der Waals surface area contributed by atoms with E-state index in [0.29, 0.717) is 0 Å². The van der Waals surface area contributed by atoms with Crippen molar-refractivity contribution in [1.82, 2.24) is 5.01 Å². The minimum atomic E-state index is -4.35. The highest BCUT2D eigenvalue weighted by Crippen LogP contribution is 2.23. The largest absolute Gasteiger partial charge is 0.501 e. The molecule has 0 aromatic carbocycles. The molecular weight excluding hydrogens is 135 g/mol. The van der Waals surface area contributed by atoms with Crippen LogP contribution in [0.1, 0.15) is 0 Å². The van der Waals surface area contributed by atoms with Crippen molar-refractivity contribution >= 4 is 0 Å². The maximum absolute atomic E-state index is 11.5. The lowest BCUT2D eigenvalue weighted by Crippen LogP contribution is -2.31. The highest BCUT2D eigenvalue weighted by molar-refractivity contribution is 4.59. The molecule has 0 spiro atoms. The summed E-state index contributed by atoms with van der Waals surface area (Å²) in [5, 5.41) is 6.01. The van der Waals surface area contributed by atoms with Gasteiger partial charge in [0.2, 0.25) is 0 Å². The Hall–Kier alpha value is -0.810. The van der Waals surface area contributed by atoms with Crippen LogP contribution in [-0.2, 0) is 0 Å². The molecule has 0 fully saturated rings. The molecule has 6 heteroatoms. The normalized spacial score (nSPS) is 19.2. The predicted molar refractivity (Wildman–Crippen MR) is 22.5 cm³/mol. The molecule has 0 saturated heterocycles. The molecule has 0 aromatic heterocycles. The highest BCUT2D eigenvalue weighted by atomic mass is 19.4. The standard InChI is InChI=1S/C3H4F3N3/c4-3(5,6)9-2-1-7-8-9/h1-2H2. The van der Waals surface area contributed by atoms with Gasteiger partial charge in [0, 0.05) is 0 Å². The first-order valence-corrected chi connectivity index (χ1v) is 2.32. The maximum atomic E-state index is 11.5. The monoisotopic (exact) mass is 139 g/mol. The van der Waals surface area contributed by atoms with Gasteiger partial charge in [0.25, 0.3) is 0 Å². The number of hydrogen-bond donors (Lipinski definition) is 0. The Morgan fingerprint density at radius 3 is 2.22 bits per heavy atom. The van der Waals surface area contributed by atoms with Crippen molar-refractivity contribution < 1.29 is 13.2 Å². The van der Waals surface area contributed by atoms with Gasteiger partial charge in [-0.15, -0.1) is 13.2 Å². The molecule has 0 bridgehead atoms. The van der Waals surface area contributed by atoms with E-state index in [1.807, 2.05) is 0 Å². The second kappa shape index (κ2) is 1.85. The van der Waals surface area contributed by atoms with E-state index in [1.54, 1.807) is 0 Å². The fraction of sp³-hybridized carbons (Fsp3) is 1.00. The average molecular weight is 139 g/mol. The second-order valence-corrected chi connectivity index (χ2v) is 1.55. The van der Waals surface area contributed by atoms with E-state index < -0.39 is 6.30 Å². The van der Waals surface area contributed by atoms with Crippen LogP contribution in [0, 0.1) is 0 Å². The Labute approximate surface area is 49.1 Å². The second-order valence-electron chi connectivity index (χ2n) is 1.55. The summed E-state index contributed by atoms with van der Waals surface area (Å²) in [4.78, 5) is 0. The SMILES string of the molecule is FC(F)(F)N1CCN=N1. The zero-order valence-corrected chi connectivity index (χ0v) is 4.39. The molecular formula is C3H4F3N3. The van der Waals surface area contributed by atoms with E-state index >= 15 is 0 Å². The lowest BCUT2D eigenvalue weighted by atomic mass is 10.6. The minimum absolute atomic E-state index is 0.00694. The number of alkyl halides is 3. The molecule has 0 unspecified atom stereocenters. The van der Waals surface area contributed by atoms with Gasteiger partial charge in [-0.05, 0) is 0 Å². The van der Waals surface area contributed by atoms with Crippen molar-refractivity contribution in [2.24, 2.45) is 10.3 Å². The molecule has 0 aliphatic carbocycles. The van der Waals surface area contributed by atoms with E-state index in [4.69, 9.17) is 0 Å². The molecule has 0 amide bonds. The number of rotatable bonds is 0. The first-order chi connectivity index (χ1) is 4.11. The van der Waals surface area contributed by atoms with Crippen LogP contribution in [0.3, 0.4) is 0 Å². The molecule has 1 aliphatic rings. The minimum Gasteiger partial charge on any atom is -0.184 e. The molecule has 1 heterocycles. The predicted octanol–water partition coefficient (Wildman–Crippen LogP) is 1.19. The lowest BCUT2D eigenvalue weighted by molar-refractivity contribution is -0.242. The van der Waals surface area contributed by atoms with E-state index in [9.17, 15) is 13.2 Å². The summed E-state index contributed by atoms with van der Waals surface area (Å²) in [6.45, 7) is -0.0109. The van der Waals surface area contributed by atoms with Crippen LogP contribution in [0.4, 0.5) is 13.2 Å². The first kappa shape index (κ1) is 6.31. The molecule has 0 N–H and O–H groups in total. The summed E-state index contributed by atoms with van der Waals surface area (Å²) in [6, 6.07) is 0. The van der Waals surface area contributed by atoms with Gasteiger partial charge in [0.1, 0.15) is 0 Å². The quantitative estimate of drug-likeness (QED) is 0.463. The molecule has 1 aliphatic heterocycles. The number of hydrogen-bond acceptors (Lipinski definition) is 3. The lowest BCUT2D eigenvalue weighted by Gasteiger charge is -2.13. The van der Waals surface area contributed by atoms with Crippen LogP contribution in [0.2, 0.25) is 0 Å². The summed E-state index contributed by atoms with van der Waals surface area (Å²) in [5.41, 5.74) is 0. The van der Waals surface area contributed by atoms with Gasteiger partial charge in [-0.25, -0.2) is 0 Å². The fourth-order valence-corrected chi connectivity index (χ4v) is 0.483. The van der Waals surface area contributed by atoms with Gasteiger partial charge in [-0.2, -0.15) is 10.1 Å². The van der Waals surface area contributed by atoms with Crippen molar-refractivity contribution in [2.45, 2.75) is 6.30 Å². The molecule has 52 valence electrons. The molecule has 1 rings (SSSR count). The van der Waals surface area contributed by atoms with Gasteiger partial charge in [-0.1, -0.05) is 5.22 Å². The van der Waals surface area contributed by atoms with Gasteiger partial charge < -0.3 is 0 Å². The fourth-order valence-electron chi connectivity index (χ4n) is 0.483. The van der Waals surface area contributed by atoms with Gasteiger partial charge >= 0.3 is 6.30 Å². The first-order valence-electron chi connectivity index (χ1n) is 2.32. The summed E-state index contributed by atoms with van der Waals surface area (Å²) in [6.07, 6.45) is -4.35. The highest BCUT2D eigenvalue weighted by Gasteiger charge is 2.38. The molecule has 3 nitrogen and oxygen atoms in total. The average Bonchev–Trinajstić information content (AvgIpc) is 2.08. The van der Waals surface area contributed by atoms with Crippen LogP contribution in [0.25, 0.3) is 0 Å². The number of halogens is 3. The summed E-state index contributed by atoms with van der Waals surface area (Å²) < 4.78 is 34.6. The van der Waals surface area contributed by atoms with Gasteiger partial charge in [0.05, 0.1) is 13.1 Å². The molecule has 9 heavy (non-hydrogen) atoms. The van der Waals surface area contributed by atoms with Crippen LogP contribution in [-0.4, -0.2) is 24.4 Å². The Morgan fingerprint density at radius 1 is 1.33 bits per heavy atom. The Bertz CT molecular complexity index is 129. The van der Waals surface area contributed by atoms with Crippen LogP contribution in [0.5, 0.6) is 0 Å². The third-order valence-electron chi connectivity index (χ3n) is 0.876. The third-order valence-corrected chi connectivity index (χ3v) is 0.876. The molecule has 0 aromatic rings. The van der Waals surface area contributed by atoms with Crippen molar-refractivity contribution in [1.29, 1.82) is 0 Å². The van der Waals surface area contributed by atoms with Crippen LogP contribution in [0.15, 0.2) is 10.3 Å². The zero-order valence-electron chi connectivity index (χ0n) is 4.39. The summed E-state index contributed by atoms with van der Waals surface area (Å²) >= 11 is 0. The topological polar surface area (TPSA) is 28.0 Å². The molecule has 0 radical (unpaired) electrons. The van der Waals surface area contributed by atoms with Crippen molar-refractivity contribution in [2.75, 3.05) is 13.1 Å².